The third kappa shape index (κ3) is 3.05. The van der Waals surface area contributed by atoms with Crippen LogP contribution in [0.4, 0.5) is 0 Å². The van der Waals surface area contributed by atoms with E-state index in [9.17, 15) is 18.3 Å². The summed E-state index contributed by atoms with van der Waals surface area (Å²) in [6, 6.07) is 4.79. The third-order valence-electron chi connectivity index (χ3n) is 4.00. The van der Waals surface area contributed by atoms with E-state index < -0.39 is 20.6 Å². The maximum absolute atomic E-state index is 13.0. The number of aliphatic carboxylic acids is 1. The minimum Gasteiger partial charge on any atom is -0.480 e. The van der Waals surface area contributed by atoms with Gasteiger partial charge in [-0.2, -0.15) is 0 Å². The summed E-state index contributed by atoms with van der Waals surface area (Å²) in [5.74, 6) is -1.24. The molecule has 0 spiro atoms. The predicted molar refractivity (Wildman–Crippen MR) is 87.1 cm³/mol. The van der Waals surface area contributed by atoms with Crippen molar-refractivity contribution in [3.63, 3.8) is 0 Å². The lowest BCUT2D eigenvalue weighted by Gasteiger charge is -2.28. The SMILES string of the molecule is O=C(O)C1(S(=O)(=O)c2cc(Br)ccc2Br)CCCCCC1. The molecule has 1 aliphatic carbocycles. The Balaban J connectivity index is 2.62. The molecule has 0 radical (unpaired) electrons. The molecule has 0 saturated heterocycles. The lowest BCUT2D eigenvalue weighted by atomic mass is 9.99. The van der Waals surface area contributed by atoms with E-state index in [0.29, 0.717) is 21.8 Å². The number of rotatable bonds is 3. The van der Waals surface area contributed by atoms with Crippen LogP contribution in [0.1, 0.15) is 38.5 Å². The highest BCUT2D eigenvalue weighted by atomic mass is 79.9. The average molecular weight is 440 g/mol. The van der Waals surface area contributed by atoms with E-state index in [-0.39, 0.29) is 17.7 Å². The van der Waals surface area contributed by atoms with Crippen LogP contribution in [0.25, 0.3) is 0 Å². The lowest BCUT2D eigenvalue weighted by molar-refractivity contribution is -0.140. The zero-order valence-electron chi connectivity index (χ0n) is 11.3. The van der Waals surface area contributed by atoms with Crippen molar-refractivity contribution < 1.29 is 18.3 Å². The van der Waals surface area contributed by atoms with Crippen LogP contribution < -0.4 is 0 Å². The Morgan fingerprint density at radius 2 is 1.67 bits per heavy atom. The second-order valence-corrected chi connectivity index (χ2v) is 9.29. The van der Waals surface area contributed by atoms with Crippen LogP contribution in [-0.2, 0) is 14.6 Å². The van der Waals surface area contributed by atoms with E-state index >= 15 is 0 Å². The first-order chi connectivity index (χ1) is 9.81. The monoisotopic (exact) mass is 438 g/mol. The number of sulfone groups is 1. The molecule has 0 heterocycles. The molecule has 1 aromatic carbocycles. The molecule has 0 aromatic heterocycles. The summed E-state index contributed by atoms with van der Waals surface area (Å²) in [4.78, 5) is 11.9. The van der Waals surface area contributed by atoms with Crippen molar-refractivity contribution in [1.82, 2.24) is 0 Å². The van der Waals surface area contributed by atoms with Crippen molar-refractivity contribution in [2.24, 2.45) is 0 Å². The molecule has 0 atom stereocenters. The van der Waals surface area contributed by atoms with Gasteiger partial charge < -0.3 is 5.11 Å². The quantitative estimate of drug-likeness (QED) is 0.717. The zero-order chi connectivity index (χ0) is 15.7. The Kier molecular flexibility index (Phi) is 5.15. The molecule has 1 saturated carbocycles. The minimum atomic E-state index is -3.98. The summed E-state index contributed by atoms with van der Waals surface area (Å²) in [6.07, 6.45) is 3.34. The second kappa shape index (κ2) is 6.38. The summed E-state index contributed by atoms with van der Waals surface area (Å²) < 4.78 is 25.4. The van der Waals surface area contributed by atoms with Gasteiger partial charge in [0.1, 0.15) is 0 Å². The molecular weight excluding hydrogens is 424 g/mol. The van der Waals surface area contributed by atoms with E-state index in [1.54, 1.807) is 12.1 Å². The molecule has 2 rings (SSSR count). The smallest absolute Gasteiger partial charge is 0.325 e. The maximum Gasteiger partial charge on any atom is 0.325 e. The van der Waals surface area contributed by atoms with Crippen molar-refractivity contribution in [3.05, 3.63) is 27.1 Å². The summed E-state index contributed by atoms with van der Waals surface area (Å²) >= 11 is 6.48. The summed E-state index contributed by atoms with van der Waals surface area (Å²) in [7, 11) is -3.98. The Bertz CT molecular complexity index is 647. The van der Waals surface area contributed by atoms with E-state index in [1.165, 1.54) is 6.07 Å². The van der Waals surface area contributed by atoms with Crippen LogP contribution >= 0.6 is 31.9 Å². The van der Waals surface area contributed by atoms with Gasteiger partial charge in [-0.3, -0.25) is 4.79 Å². The molecule has 21 heavy (non-hydrogen) atoms. The molecule has 1 fully saturated rings. The summed E-state index contributed by atoms with van der Waals surface area (Å²) in [5, 5.41) is 9.66. The molecule has 116 valence electrons. The Labute approximate surface area is 141 Å². The third-order valence-corrected chi connectivity index (χ3v) is 7.97. The van der Waals surface area contributed by atoms with E-state index in [4.69, 9.17) is 0 Å². The molecule has 7 heteroatoms. The van der Waals surface area contributed by atoms with Crippen molar-refractivity contribution in [1.29, 1.82) is 0 Å². The Morgan fingerprint density at radius 3 is 2.19 bits per heavy atom. The summed E-state index contributed by atoms with van der Waals surface area (Å²) in [6.45, 7) is 0. The van der Waals surface area contributed by atoms with Crippen molar-refractivity contribution in [2.75, 3.05) is 0 Å². The topological polar surface area (TPSA) is 71.4 Å². The molecule has 1 aliphatic rings. The zero-order valence-corrected chi connectivity index (χ0v) is 15.3. The number of halogens is 2. The van der Waals surface area contributed by atoms with Gasteiger partial charge in [-0.25, -0.2) is 8.42 Å². The van der Waals surface area contributed by atoms with Gasteiger partial charge in [0.2, 0.25) is 0 Å². The van der Waals surface area contributed by atoms with Crippen molar-refractivity contribution >= 4 is 47.7 Å². The largest absolute Gasteiger partial charge is 0.480 e. The van der Waals surface area contributed by atoms with E-state index in [0.717, 1.165) is 12.8 Å². The normalized spacial score (nSPS) is 19.0. The van der Waals surface area contributed by atoms with Gasteiger partial charge >= 0.3 is 5.97 Å². The van der Waals surface area contributed by atoms with Crippen LogP contribution in [0.3, 0.4) is 0 Å². The molecule has 4 nitrogen and oxygen atoms in total. The summed E-state index contributed by atoms with van der Waals surface area (Å²) in [5.41, 5.74) is 0. The van der Waals surface area contributed by atoms with Gasteiger partial charge in [-0.05, 0) is 47.0 Å². The lowest BCUT2D eigenvalue weighted by Crippen LogP contribution is -2.46. The predicted octanol–water partition coefficient (Wildman–Crippen LogP) is 4.16. The van der Waals surface area contributed by atoms with Gasteiger partial charge in [-0.1, -0.05) is 41.6 Å². The van der Waals surface area contributed by atoms with Gasteiger partial charge in [0.05, 0.1) is 4.90 Å². The van der Waals surface area contributed by atoms with E-state index in [2.05, 4.69) is 31.9 Å². The number of hydrogen-bond donors (Lipinski definition) is 1. The fourth-order valence-electron chi connectivity index (χ4n) is 2.79. The first-order valence-electron chi connectivity index (χ1n) is 6.74. The average Bonchev–Trinajstić information content (AvgIpc) is 2.68. The van der Waals surface area contributed by atoms with Crippen LogP contribution in [-0.4, -0.2) is 24.2 Å². The molecule has 0 unspecified atom stereocenters. The molecular formula is C14H16Br2O4S. The number of carboxylic acids is 1. The van der Waals surface area contributed by atoms with Crippen LogP contribution in [0.15, 0.2) is 32.0 Å². The second-order valence-electron chi connectivity index (χ2n) is 5.29. The standard InChI is InChI=1S/C14H16Br2O4S/c15-10-5-6-11(16)12(9-10)21(19,20)14(13(17)18)7-3-1-2-4-8-14/h5-6,9H,1-4,7-8H2,(H,17,18). The fraction of sp³-hybridized carbons (Fsp3) is 0.500. The first kappa shape index (κ1) is 17.0. The van der Waals surface area contributed by atoms with E-state index in [1.807, 2.05) is 0 Å². The number of carbonyl (C=O) groups is 1. The van der Waals surface area contributed by atoms with Crippen LogP contribution in [0.2, 0.25) is 0 Å². The van der Waals surface area contributed by atoms with Crippen molar-refractivity contribution in [2.45, 2.75) is 48.2 Å². The number of carboxylic acid groups (broad SMARTS) is 1. The first-order valence-corrected chi connectivity index (χ1v) is 9.81. The van der Waals surface area contributed by atoms with Crippen LogP contribution in [0.5, 0.6) is 0 Å². The van der Waals surface area contributed by atoms with Crippen LogP contribution in [0, 0.1) is 0 Å². The van der Waals surface area contributed by atoms with Gasteiger partial charge in [0, 0.05) is 8.95 Å². The van der Waals surface area contributed by atoms with Crippen molar-refractivity contribution in [3.8, 4) is 0 Å². The Morgan fingerprint density at radius 1 is 1.10 bits per heavy atom. The highest BCUT2D eigenvalue weighted by Crippen LogP contribution is 2.41. The highest BCUT2D eigenvalue weighted by Gasteiger charge is 2.51. The van der Waals surface area contributed by atoms with Gasteiger partial charge in [0.15, 0.2) is 14.6 Å². The van der Waals surface area contributed by atoms with Gasteiger partial charge in [0.25, 0.3) is 0 Å². The molecule has 0 bridgehead atoms. The highest BCUT2D eigenvalue weighted by molar-refractivity contribution is 9.11. The fourth-order valence-corrected chi connectivity index (χ4v) is 6.27. The minimum absolute atomic E-state index is 0.0428. The molecule has 0 amide bonds. The number of hydrogen-bond acceptors (Lipinski definition) is 3. The molecule has 1 N–H and O–H groups in total. The number of benzene rings is 1. The Hall–Kier alpha value is -0.400. The van der Waals surface area contributed by atoms with Gasteiger partial charge in [-0.15, -0.1) is 0 Å². The molecule has 0 aliphatic heterocycles. The maximum atomic E-state index is 13.0. The molecule has 1 aromatic rings.